The van der Waals surface area contributed by atoms with Crippen molar-refractivity contribution >= 4 is 29.3 Å². The van der Waals surface area contributed by atoms with Gasteiger partial charge in [0.1, 0.15) is 6.04 Å². The number of nitro benzene ring substituents is 1. The number of hydrogen-bond acceptors (Lipinski definition) is 5. The lowest BCUT2D eigenvalue weighted by Gasteiger charge is -2.13. The van der Waals surface area contributed by atoms with Crippen LogP contribution in [0.2, 0.25) is 0 Å². The molecule has 1 rings (SSSR count). The summed E-state index contributed by atoms with van der Waals surface area (Å²) in [5, 5.41) is 22.4. The van der Waals surface area contributed by atoms with Crippen LogP contribution in [0.15, 0.2) is 35.2 Å². The first kappa shape index (κ1) is 17.7. The van der Waals surface area contributed by atoms with Crippen LogP contribution in [-0.4, -0.2) is 34.2 Å². The number of carboxylic acid groups (broad SMARTS) is 1. The fourth-order valence-electron chi connectivity index (χ4n) is 1.71. The van der Waals surface area contributed by atoms with E-state index in [4.69, 9.17) is 5.11 Å². The Kier molecular flexibility index (Phi) is 6.58. The Morgan fingerprint density at radius 3 is 2.68 bits per heavy atom. The molecule has 1 unspecified atom stereocenters. The van der Waals surface area contributed by atoms with Crippen molar-refractivity contribution in [3.8, 4) is 0 Å². The summed E-state index contributed by atoms with van der Waals surface area (Å²) in [6, 6.07) is 2.97. The Bertz CT molecular complexity index is 615. The third-order valence-electron chi connectivity index (χ3n) is 2.85. The number of rotatable bonds is 7. The van der Waals surface area contributed by atoms with Gasteiger partial charge >= 0.3 is 5.97 Å². The molecule has 118 valence electrons. The molecule has 22 heavy (non-hydrogen) atoms. The lowest BCUT2D eigenvalue weighted by atomic mass is 10.1. The van der Waals surface area contributed by atoms with Gasteiger partial charge in [-0.3, -0.25) is 14.9 Å². The number of allylic oxidation sites excluding steroid dienone is 1. The lowest BCUT2D eigenvalue weighted by Crippen LogP contribution is -2.40. The summed E-state index contributed by atoms with van der Waals surface area (Å²) in [7, 11) is 0. The first-order valence-electron chi connectivity index (χ1n) is 6.38. The number of nitrogens with one attached hydrogen (secondary N) is 1. The number of nitrogens with zero attached hydrogens (tertiary/aromatic N) is 1. The van der Waals surface area contributed by atoms with Gasteiger partial charge in [0.2, 0.25) is 0 Å². The highest BCUT2D eigenvalue weighted by Crippen LogP contribution is 2.28. The Morgan fingerprint density at radius 2 is 2.18 bits per heavy atom. The molecule has 0 aliphatic carbocycles. The first-order valence-corrected chi connectivity index (χ1v) is 7.60. The third kappa shape index (κ3) is 4.59. The minimum atomic E-state index is -1.17. The number of thioether (sulfide) groups is 1. The van der Waals surface area contributed by atoms with E-state index in [9.17, 15) is 19.7 Å². The minimum absolute atomic E-state index is 0.0521. The quantitative estimate of drug-likeness (QED) is 0.345. The highest BCUT2D eigenvalue weighted by molar-refractivity contribution is 7.98. The van der Waals surface area contributed by atoms with E-state index in [1.807, 2.05) is 0 Å². The topological polar surface area (TPSA) is 110 Å². The number of carbonyl (C=O) groups is 2. The number of benzene rings is 1. The first-order chi connectivity index (χ1) is 10.4. The molecule has 8 heteroatoms. The number of amides is 1. The van der Waals surface area contributed by atoms with Gasteiger partial charge in [0.05, 0.1) is 9.82 Å². The maximum atomic E-state index is 12.1. The van der Waals surface area contributed by atoms with Crippen LogP contribution in [0.1, 0.15) is 23.7 Å². The molecule has 0 bridgehead atoms. The van der Waals surface area contributed by atoms with Crippen LogP contribution >= 0.6 is 11.8 Å². The van der Waals surface area contributed by atoms with Crippen LogP contribution in [0.5, 0.6) is 0 Å². The molecule has 1 amide bonds. The van der Waals surface area contributed by atoms with Crippen molar-refractivity contribution in [3.05, 3.63) is 46.0 Å². The van der Waals surface area contributed by atoms with E-state index in [-0.39, 0.29) is 17.7 Å². The molecule has 0 saturated heterocycles. The van der Waals surface area contributed by atoms with Gasteiger partial charge in [0, 0.05) is 11.6 Å². The van der Waals surface area contributed by atoms with Crippen molar-refractivity contribution in [1.82, 2.24) is 5.32 Å². The highest BCUT2D eigenvalue weighted by Gasteiger charge is 2.22. The molecule has 0 radical (unpaired) electrons. The van der Waals surface area contributed by atoms with E-state index in [2.05, 4.69) is 5.32 Å². The average Bonchev–Trinajstić information content (AvgIpc) is 2.50. The zero-order valence-electron chi connectivity index (χ0n) is 12.1. The Morgan fingerprint density at radius 1 is 1.50 bits per heavy atom. The number of nitro groups is 1. The molecular formula is C14H16N2O5S. The summed E-state index contributed by atoms with van der Waals surface area (Å²) in [4.78, 5) is 34.0. The van der Waals surface area contributed by atoms with Crippen LogP contribution in [0.25, 0.3) is 0 Å². The van der Waals surface area contributed by atoms with E-state index >= 15 is 0 Å². The second-order valence-electron chi connectivity index (χ2n) is 4.31. The zero-order valence-corrected chi connectivity index (χ0v) is 12.9. The maximum absolute atomic E-state index is 12.1. The Hall–Kier alpha value is -2.35. The summed E-state index contributed by atoms with van der Waals surface area (Å²) in [6.45, 7) is 1.74. The van der Waals surface area contributed by atoms with Crippen LogP contribution < -0.4 is 5.32 Å². The van der Waals surface area contributed by atoms with Gasteiger partial charge in [-0.15, -0.1) is 11.8 Å². The minimum Gasteiger partial charge on any atom is -0.480 e. The van der Waals surface area contributed by atoms with Crippen LogP contribution in [-0.2, 0) is 4.79 Å². The molecular weight excluding hydrogens is 308 g/mol. The van der Waals surface area contributed by atoms with Gasteiger partial charge in [0.15, 0.2) is 0 Å². The smallest absolute Gasteiger partial charge is 0.326 e. The second kappa shape index (κ2) is 8.18. The van der Waals surface area contributed by atoms with E-state index in [0.29, 0.717) is 4.90 Å². The van der Waals surface area contributed by atoms with Gasteiger partial charge in [-0.2, -0.15) is 0 Å². The van der Waals surface area contributed by atoms with Crippen molar-refractivity contribution in [1.29, 1.82) is 0 Å². The molecule has 2 N–H and O–H groups in total. The summed E-state index contributed by atoms with van der Waals surface area (Å²) in [5.41, 5.74) is -0.128. The van der Waals surface area contributed by atoms with E-state index in [0.717, 1.165) is 6.07 Å². The maximum Gasteiger partial charge on any atom is 0.326 e. The second-order valence-corrected chi connectivity index (χ2v) is 5.16. The van der Waals surface area contributed by atoms with Gasteiger partial charge in [-0.05, 0) is 31.7 Å². The molecule has 0 aliphatic rings. The fourth-order valence-corrected chi connectivity index (χ4v) is 2.26. The summed E-state index contributed by atoms with van der Waals surface area (Å²) >= 11 is 1.20. The molecule has 7 nitrogen and oxygen atoms in total. The molecule has 0 aromatic heterocycles. The largest absolute Gasteiger partial charge is 0.480 e. The van der Waals surface area contributed by atoms with Crippen molar-refractivity contribution in [2.45, 2.75) is 24.3 Å². The number of aliphatic carboxylic acids is 1. The van der Waals surface area contributed by atoms with Crippen molar-refractivity contribution in [2.75, 3.05) is 6.26 Å². The van der Waals surface area contributed by atoms with E-state index in [1.165, 1.54) is 23.9 Å². The number of hydrogen-bond donors (Lipinski definition) is 2. The monoisotopic (exact) mass is 324 g/mol. The summed E-state index contributed by atoms with van der Waals surface area (Å²) in [6.07, 6.45) is 5.14. The SMILES string of the molecule is C/C=C/CC(NC(=O)c1ccc(SC)c([N+](=O)[O-])c1)C(=O)O. The predicted molar refractivity (Wildman–Crippen MR) is 83.2 cm³/mol. The van der Waals surface area contributed by atoms with Crippen LogP contribution in [0, 0.1) is 10.1 Å². The van der Waals surface area contributed by atoms with E-state index in [1.54, 1.807) is 25.3 Å². The Labute approximate surface area is 131 Å². The zero-order chi connectivity index (χ0) is 16.7. The Balaban J connectivity index is 2.99. The summed E-state index contributed by atoms with van der Waals surface area (Å²) in [5.74, 6) is -1.82. The van der Waals surface area contributed by atoms with Gasteiger partial charge < -0.3 is 10.4 Å². The van der Waals surface area contributed by atoms with Crippen molar-refractivity contribution in [2.24, 2.45) is 0 Å². The van der Waals surface area contributed by atoms with E-state index < -0.39 is 22.8 Å². The van der Waals surface area contributed by atoms with Crippen molar-refractivity contribution < 1.29 is 19.6 Å². The number of carboxylic acids is 1. The fraction of sp³-hybridized carbons (Fsp3) is 0.286. The molecule has 0 aliphatic heterocycles. The van der Waals surface area contributed by atoms with Gasteiger partial charge in [-0.1, -0.05) is 12.2 Å². The molecule has 1 aromatic carbocycles. The van der Waals surface area contributed by atoms with Crippen LogP contribution in [0.4, 0.5) is 5.69 Å². The lowest BCUT2D eigenvalue weighted by molar-refractivity contribution is -0.387. The average molecular weight is 324 g/mol. The van der Waals surface area contributed by atoms with Crippen LogP contribution in [0.3, 0.4) is 0 Å². The van der Waals surface area contributed by atoms with Gasteiger partial charge in [0.25, 0.3) is 11.6 Å². The molecule has 0 heterocycles. The molecule has 1 atom stereocenters. The molecule has 0 fully saturated rings. The number of carbonyl (C=O) groups excluding carboxylic acids is 1. The third-order valence-corrected chi connectivity index (χ3v) is 3.63. The molecule has 1 aromatic rings. The molecule has 0 saturated carbocycles. The highest BCUT2D eigenvalue weighted by atomic mass is 32.2. The van der Waals surface area contributed by atoms with Crippen molar-refractivity contribution in [3.63, 3.8) is 0 Å². The molecule has 0 spiro atoms. The standard InChI is InChI=1S/C14H16N2O5S/c1-3-4-5-10(14(18)19)15-13(17)9-6-7-12(22-2)11(8-9)16(20)21/h3-4,6-8,10H,5H2,1-2H3,(H,15,17)(H,18,19)/b4-3+. The van der Waals surface area contributed by atoms with Gasteiger partial charge in [-0.25, -0.2) is 4.79 Å². The predicted octanol–water partition coefficient (Wildman–Crippen LogP) is 2.47. The summed E-state index contributed by atoms with van der Waals surface area (Å²) < 4.78 is 0. The normalized spacial score (nSPS) is 12.1.